The molecule has 1 amide bonds. The van der Waals surface area contributed by atoms with E-state index in [0.29, 0.717) is 48.7 Å². The van der Waals surface area contributed by atoms with Crippen LogP contribution in [0.2, 0.25) is 0 Å². The van der Waals surface area contributed by atoms with Gasteiger partial charge in [0.25, 0.3) is 5.91 Å². The van der Waals surface area contributed by atoms with E-state index in [1.54, 1.807) is 17.0 Å². The van der Waals surface area contributed by atoms with Gasteiger partial charge < -0.3 is 24.6 Å². The third kappa shape index (κ3) is 3.76. The van der Waals surface area contributed by atoms with Gasteiger partial charge in [-0.15, -0.1) is 0 Å². The zero-order valence-electron chi connectivity index (χ0n) is 13.7. The molecule has 6 nitrogen and oxygen atoms in total. The first-order valence-corrected chi connectivity index (χ1v) is 8.15. The fraction of sp³-hybridized carbons (Fsp3) is 0.588. The quantitative estimate of drug-likeness (QED) is 0.763. The van der Waals surface area contributed by atoms with Crippen LogP contribution in [0.3, 0.4) is 0 Å². The summed E-state index contributed by atoms with van der Waals surface area (Å²) in [6, 6.07) is 3.50. The standard InChI is InChI=1S/C17H25NO5/c1-3-8-22-15-10-12(11-20)9-13-16(15)23-14(4-2)17(21)18(13)6-5-7-19/h9-10,14,19-20H,3-8,11H2,1-2H3. The van der Waals surface area contributed by atoms with Crippen molar-refractivity contribution in [3.05, 3.63) is 17.7 Å². The number of carbonyl (C=O) groups excluding carboxylic acids is 1. The van der Waals surface area contributed by atoms with E-state index >= 15 is 0 Å². The summed E-state index contributed by atoms with van der Waals surface area (Å²) in [4.78, 5) is 14.2. The molecule has 1 unspecified atom stereocenters. The van der Waals surface area contributed by atoms with Crippen molar-refractivity contribution >= 4 is 11.6 Å². The van der Waals surface area contributed by atoms with Crippen molar-refractivity contribution in [2.75, 3.05) is 24.7 Å². The maximum Gasteiger partial charge on any atom is 0.268 e. The number of benzene rings is 1. The number of rotatable bonds is 8. The van der Waals surface area contributed by atoms with Crippen molar-refractivity contribution in [1.29, 1.82) is 0 Å². The van der Waals surface area contributed by atoms with Gasteiger partial charge >= 0.3 is 0 Å². The highest BCUT2D eigenvalue weighted by atomic mass is 16.5. The topological polar surface area (TPSA) is 79.2 Å². The van der Waals surface area contributed by atoms with Crippen LogP contribution < -0.4 is 14.4 Å². The second-order valence-electron chi connectivity index (χ2n) is 5.53. The lowest BCUT2D eigenvalue weighted by Crippen LogP contribution is -2.46. The van der Waals surface area contributed by atoms with Crippen molar-refractivity contribution < 1.29 is 24.5 Å². The summed E-state index contributed by atoms with van der Waals surface area (Å²) in [5.41, 5.74) is 1.26. The molecule has 23 heavy (non-hydrogen) atoms. The molecule has 0 radical (unpaired) electrons. The molecule has 1 aromatic rings. The molecular weight excluding hydrogens is 298 g/mol. The Morgan fingerprint density at radius 2 is 2.09 bits per heavy atom. The molecule has 0 saturated heterocycles. The molecule has 1 aromatic carbocycles. The smallest absolute Gasteiger partial charge is 0.268 e. The zero-order chi connectivity index (χ0) is 16.8. The molecule has 1 aliphatic heterocycles. The average molecular weight is 323 g/mol. The number of aliphatic hydroxyl groups excluding tert-OH is 2. The maximum atomic E-state index is 12.6. The Morgan fingerprint density at radius 3 is 2.70 bits per heavy atom. The normalized spacial score (nSPS) is 17.0. The molecule has 0 aromatic heterocycles. The molecule has 128 valence electrons. The predicted molar refractivity (Wildman–Crippen MR) is 86.9 cm³/mol. The maximum absolute atomic E-state index is 12.6. The van der Waals surface area contributed by atoms with Gasteiger partial charge in [-0.1, -0.05) is 13.8 Å². The minimum absolute atomic E-state index is 0.00957. The number of anilines is 1. The van der Waals surface area contributed by atoms with Crippen LogP contribution in [-0.2, 0) is 11.4 Å². The highest BCUT2D eigenvalue weighted by Gasteiger charge is 2.35. The fourth-order valence-corrected chi connectivity index (χ4v) is 2.58. The summed E-state index contributed by atoms with van der Waals surface area (Å²) in [5, 5.41) is 18.6. The molecule has 2 rings (SSSR count). The van der Waals surface area contributed by atoms with Crippen LogP contribution in [0.25, 0.3) is 0 Å². The molecule has 1 aliphatic rings. The fourth-order valence-electron chi connectivity index (χ4n) is 2.58. The number of hydrogen-bond acceptors (Lipinski definition) is 5. The molecule has 0 saturated carbocycles. The Kier molecular flexibility index (Phi) is 6.24. The molecule has 2 N–H and O–H groups in total. The second-order valence-corrected chi connectivity index (χ2v) is 5.53. The highest BCUT2D eigenvalue weighted by Crippen LogP contribution is 2.43. The van der Waals surface area contributed by atoms with Crippen LogP contribution >= 0.6 is 0 Å². The largest absolute Gasteiger partial charge is 0.490 e. The average Bonchev–Trinajstić information content (AvgIpc) is 2.58. The highest BCUT2D eigenvalue weighted by molar-refractivity contribution is 6.00. The summed E-state index contributed by atoms with van der Waals surface area (Å²) in [7, 11) is 0. The Morgan fingerprint density at radius 1 is 1.30 bits per heavy atom. The van der Waals surface area contributed by atoms with E-state index in [9.17, 15) is 9.90 Å². The van der Waals surface area contributed by atoms with Crippen LogP contribution in [-0.4, -0.2) is 42.0 Å². The molecule has 0 aliphatic carbocycles. The van der Waals surface area contributed by atoms with Gasteiger partial charge in [0.2, 0.25) is 0 Å². The second kappa shape index (κ2) is 8.17. The first-order valence-electron chi connectivity index (χ1n) is 8.15. The van der Waals surface area contributed by atoms with Crippen LogP contribution in [0.5, 0.6) is 11.5 Å². The van der Waals surface area contributed by atoms with Crippen molar-refractivity contribution in [3.8, 4) is 11.5 Å². The van der Waals surface area contributed by atoms with Crippen LogP contribution in [0.1, 0.15) is 38.7 Å². The van der Waals surface area contributed by atoms with Gasteiger partial charge in [-0.05, 0) is 37.0 Å². The Labute approximate surface area is 136 Å². The summed E-state index contributed by atoms with van der Waals surface area (Å²) in [6.45, 7) is 4.71. The van der Waals surface area contributed by atoms with E-state index in [1.807, 2.05) is 13.8 Å². The molecular formula is C17H25NO5. The van der Waals surface area contributed by atoms with Crippen LogP contribution in [0.15, 0.2) is 12.1 Å². The van der Waals surface area contributed by atoms with Crippen LogP contribution in [0, 0.1) is 0 Å². The number of fused-ring (bicyclic) bond motifs is 1. The van der Waals surface area contributed by atoms with E-state index in [1.165, 1.54) is 0 Å². The van der Waals surface area contributed by atoms with Crippen molar-refractivity contribution in [2.45, 2.75) is 45.8 Å². The molecule has 6 heteroatoms. The Balaban J connectivity index is 2.47. The zero-order valence-corrected chi connectivity index (χ0v) is 13.7. The molecule has 0 bridgehead atoms. The Hall–Kier alpha value is -1.79. The van der Waals surface area contributed by atoms with E-state index in [2.05, 4.69) is 0 Å². The minimum Gasteiger partial charge on any atom is -0.490 e. The first-order chi connectivity index (χ1) is 11.2. The molecule has 1 atom stereocenters. The summed E-state index contributed by atoms with van der Waals surface area (Å²) < 4.78 is 11.6. The van der Waals surface area contributed by atoms with Crippen LogP contribution in [0.4, 0.5) is 5.69 Å². The molecule has 0 fully saturated rings. The number of ether oxygens (including phenoxy) is 2. The van der Waals surface area contributed by atoms with Gasteiger partial charge in [0.15, 0.2) is 17.6 Å². The van der Waals surface area contributed by atoms with Gasteiger partial charge in [0.05, 0.1) is 18.9 Å². The van der Waals surface area contributed by atoms with Crippen molar-refractivity contribution in [3.63, 3.8) is 0 Å². The number of amides is 1. The lowest BCUT2D eigenvalue weighted by Gasteiger charge is -2.35. The number of hydrogen-bond donors (Lipinski definition) is 2. The molecule has 1 heterocycles. The number of nitrogens with zero attached hydrogens (tertiary/aromatic N) is 1. The van der Waals surface area contributed by atoms with Crippen molar-refractivity contribution in [2.24, 2.45) is 0 Å². The number of aliphatic hydroxyl groups is 2. The van der Waals surface area contributed by atoms with Gasteiger partial charge in [0.1, 0.15) is 0 Å². The van der Waals surface area contributed by atoms with Crippen molar-refractivity contribution in [1.82, 2.24) is 0 Å². The predicted octanol–water partition coefficient (Wildman–Crippen LogP) is 1.85. The third-order valence-electron chi connectivity index (χ3n) is 3.74. The van der Waals surface area contributed by atoms with E-state index in [4.69, 9.17) is 14.6 Å². The minimum atomic E-state index is -0.551. The third-order valence-corrected chi connectivity index (χ3v) is 3.74. The van der Waals surface area contributed by atoms with Gasteiger partial charge in [-0.3, -0.25) is 4.79 Å². The summed E-state index contributed by atoms with van der Waals surface area (Å²) in [5.74, 6) is 0.971. The SMILES string of the molecule is CCCOc1cc(CO)cc2c1OC(CC)C(=O)N2CCCO. The van der Waals surface area contributed by atoms with E-state index in [-0.39, 0.29) is 19.1 Å². The number of carbonyl (C=O) groups is 1. The summed E-state index contributed by atoms with van der Waals surface area (Å²) in [6.07, 6.45) is 1.34. The Bertz CT molecular complexity index is 546. The van der Waals surface area contributed by atoms with E-state index in [0.717, 1.165) is 6.42 Å². The lowest BCUT2D eigenvalue weighted by molar-refractivity contribution is -0.126. The summed E-state index contributed by atoms with van der Waals surface area (Å²) >= 11 is 0. The van der Waals surface area contributed by atoms with Gasteiger partial charge in [-0.2, -0.15) is 0 Å². The monoisotopic (exact) mass is 323 g/mol. The first kappa shape index (κ1) is 17.6. The van der Waals surface area contributed by atoms with E-state index < -0.39 is 6.10 Å². The van der Waals surface area contributed by atoms with Gasteiger partial charge in [0, 0.05) is 13.2 Å². The lowest BCUT2D eigenvalue weighted by atomic mass is 10.1. The van der Waals surface area contributed by atoms with Gasteiger partial charge in [-0.25, -0.2) is 0 Å². The molecule has 0 spiro atoms.